The third-order valence-corrected chi connectivity index (χ3v) is 11.6. The monoisotopic (exact) mass is 768 g/mol. The summed E-state index contributed by atoms with van der Waals surface area (Å²) in [6.07, 6.45) is 3.86. The Hall–Kier alpha value is -5.03. The Balaban J connectivity index is 1.48. The highest BCUT2D eigenvalue weighted by Crippen LogP contribution is 2.42. The van der Waals surface area contributed by atoms with Crippen LogP contribution in [0.4, 0.5) is 0 Å². The van der Waals surface area contributed by atoms with Crippen molar-refractivity contribution in [1.29, 1.82) is 5.26 Å². The summed E-state index contributed by atoms with van der Waals surface area (Å²) in [6.45, 7) is 0.479. The number of halogens is 1. The first kappa shape index (κ1) is 35.8. The van der Waals surface area contributed by atoms with Crippen LogP contribution in [0.25, 0.3) is 17.0 Å². The summed E-state index contributed by atoms with van der Waals surface area (Å²) in [7, 11) is 0.528. The first-order valence-electron chi connectivity index (χ1n) is 16.3. The number of sulfonamides is 1. The third-order valence-electron chi connectivity index (χ3n) is 8.84. The number of rotatable bonds is 13. The van der Waals surface area contributed by atoms with Gasteiger partial charge in [-0.2, -0.15) is 14.4 Å². The average molecular weight is 770 g/mol. The molecule has 0 bridgehead atoms. The minimum absolute atomic E-state index is 0.0364. The number of hydrogen-bond acceptors (Lipinski definition) is 9. The molecule has 0 fully saturated rings. The first-order valence-corrected chi connectivity index (χ1v) is 18.5. The lowest BCUT2D eigenvalue weighted by Crippen LogP contribution is -2.31. The van der Waals surface area contributed by atoms with Crippen LogP contribution in [0.1, 0.15) is 41.5 Å². The van der Waals surface area contributed by atoms with Crippen LogP contribution < -0.4 is 14.2 Å². The third kappa shape index (κ3) is 8.14. The van der Waals surface area contributed by atoms with Crippen molar-refractivity contribution >= 4 is 31.5 Å². The lowest BCUT2D eigenvalue weighted by Gasteiger charge is -2.26. The second kappa shape index (κ2) is 15.9. The quantitative estimate of drug-likeness (QED) is 0.121. The highest BCUT2D eigenvalue weighted by molar-refractivity contribution is 9.10. The maximum atomic E-state index is 15.2. The fourth-order valence-electron chi connectivity index (χ4n) is 6.02. The van der Waals surface area contributed by atoms with E-state index in [0.29, 0.717) is 52.9 Å². The van der Waals surface area contributed by atoms with Gasteiger partial charge in [-0.15, -0.1) is 10.2 Å². The molecular weight excluding hydrogens is 732 g/mol. The number of tetrazole rings is 1. The number of nitriles is 1. The van der Waals surface area contributed by atoms with Gasteiger partial charge in [-0.1, -0.05) is 48.5 Å². The topological polar surface area (TPSA) is 132 Å². The first-order chi connectivity index (χ1) is 24.7. The van der Waals surface area contributed by atoms with Gasteiger partial charge in [0.25, 0.3) is 0 Å². The van der Waals surface area contributed by atoms with Crippen molar-refractivity contribution in [3.8, 4) is 34.7 Å². The van der Waals surface area contributed by atoms with Gasteiger partial charge in [0.2, 0.25) is 15.8 Å². The van der Waals surface area contributed by atoms with Gasteiger partial charge in [-0.25, -0.2) is 8.42 Å². The molecule has 0 radical (unpaired) electrons. The Labute approximate surface area is 306 Å². The molecule has 0 amide bonds. The average Bonchev–Trinajstić information content (AvgIpc) is 3.63. The molecule has 1 unspecified atom stereocenters. The zero-order valence-corrected chi connectivity index (χ0v) is 30.9. The molecule has 4 aromatic carbocycles. The Morgan fingerprint density at radius 2 is 1.39 bits per heavy atom. The Kier molecular flexibility index (Phi) is 11.1. The number of allylic oxidation sites excluding steroid dienone is 2. The molecular formula is C38H37BrN6O5S. The SMILES string of the molecule is COc1ccc(CN(Cc2ccc(OC)cc2)S(=O)(=O)c2c(Br)ccc(C3=CCC(C#N)CC3)c2-c2nnn(Cc3ccc(OC)cc3)n2)cc1. The summed E-state index contributed by atoms with van der Waals surface area (Å²) in [5.74, 6) is 2.15. The molecule has 1 aliphatic carbocycles. The number of benzene rings is 4. The van der Waals surface area contributed by atoms with E-state index in [1.165, 1.54) is 9.10 Å². The molecule has 11 nitrogen and oxygen atoms in total. The standard InChI is InChI=1S/C38H37BrN6O5S/c1-48-31-14-6-27(7-15-31)23-44(24-28-8-16-32(49-2)17-9-28)51(46,47)37-35(39)21-20-34(30-12-4-26(22-40)5-13-30)36(37)38-41-43-45(42-38)25-29-10-18-33(50-3)19-11-29/h6-12,14-21,26H,4-5,13,23-25H2,1-3H3. The predicted octanol–water partition coefficient (Wildman–Crippen LogP) is 7.27. The van der Waals surface area contributed by atoms with Crippen molar-refractivity contribution in [2.75, 3.05) is 21.3 Å². The highest BCUT2D eigenvalue weighted by Gasteiger charge is 2.34. The smallest absolute Gasteiger partial charge is 0.245 e. The molecule has 13 heteroatoms. The molecule has 6 rings (SSSR count). The van der Waals surface area contributed by atoms with Crippen molar-refractivity contribution in [3.05, 3.63) is 118 Å². The van der Waals surface area contributed by atoms with Crippen LogP contribution in [0.5, 0.6) is 17.2 Å². The Morgan fingerprint density at radius 1 is 0.843 bits per heavy atom. The molecule has 0 N–H and O–H groups in total. The van der Waals surface area contributed by atoms with E-state index in [1.807, 2.05) is 84.9 Å². The van der Waals surface area contributed by atoms with Crippen LogP contribution in [0.3, 0.4) is 0 Å². The van der Waals surface area contributed by atoms with Gasteiger partial charge in [0.15, 0.2) is 0 Å². The summed E-state index contributed by atoms with van der Waals surface area (Å²) < 4.78 is 48.2. The minimum atomic E-state index is -4.26. The molecule has 1 aliphatic rings. The zero-order chi connectivity index (χ0) is 36.0. The van der Waals surface area contributed by atoms with Crippen molar-refractivity contribution in [1.82, 2.24) is 24.5 Å². The second-order valence-corrected chi connectivity index (χ2v) is 14.8. The summed E-state index contributed by atoms with van der Waals surface area (Å²) in [5.41, 5.74) is 4.45. The van der Waals surface area contributed by atoms with Crippen molar-refractivity contribution in [3.63, 3.8) is 0 Å². The van der Waals surface area contributed by atoms with E-state index in [4.69, 9.17) is 19.3 Å². The Bertz CT molecular complexity index is 2110. The fraction of sp³-hybridized carbons (Fsp3) is 0.263. The zero-order valence-electron chi connectivity index (χ0n) is 28.5. The van der Waals surface area contributed by atoms with Gasteiger partial charge in [-0.3, -0.25) is 0 Å². The van der Waals surface area contributed by atoms with Gasteiger partial charge in [0.05, 0.1) is 45.4 Å². The van der Waals surface area contributed by atoms with Crippen LogP contribution >= 0.6 is 15.9 Å². The largest absolute Gasteiger partial charge is 0.497 e. The van der Waals surface area contributed by atoms with Crippen molar-refractivity contribution < 1.29 is 22.6 Å². The van der Waals surface area contributed by atoms with Gasteiger partial charge in [0, 0.05) is 17.6 Å². The molecule has 5 aromatic rings. The predicted molar refractivity (Wildman–Crippen MR) is 196 cm³/mol. The van der Waals surface area contributed by atoms with Gasteiger partial charge < -0.3 is 14.2 Å². The summed E-state index contributed by atoms with van der Waals surface area (Å²) in [5, 5.41) is 23.1. The molecule has 262 valence electrons. The lowest BCUT2D eigenvalue weighted by molar-refractivity contribution is 0.397. The van der Waals surface area contributed by atoms with E-state index in [2.05, 4.69) is 32.3 Å². The summed E-state index contributed by atoms with van der Waals surface area (Å²) in [6, 6.07) is 28.2. The van der Waals surface area contributed by atoms with Crippen molar-refractivity contribution in [2.45, 2.75) is 43.8 Å². The van der Waals surface area contributed by atoms with Crippen LogP contribution in [0.2, 0.25) is 0 Å². The van der Waals surface area contributed by atoms with Gasteiger partial charge in [0.1, 0.15) is 22.1 Å². The molecule has 0 saturated carbocycles. The minimum Gasteiger partial charge on any atom is -0.497 e. The number of nitrogens with zero attached hydrogens (tertiary/aromatic N) is 6. The van der Waals surface area contributed by atoms with Crippen LogP contribution in [-0.4, -0.2) is 54.3 Å². The van der Waals surface area contributed by atoms with Crippen LogP contribution in [0.15, 0.2) is 100 Å². The summed E-state index contributed by atoms with van der Waals surface area (Å²) in [4.78, 5) is 1.49. The van der Waals surface area contributed by atoms with Crippen LogP contribution in [0, 0.1) is 17.2 Å². The molecule has 0 spiro atoms. The molecule has 1 atom stereocenters. The number of methoxy groups -OCH3 is 3. The summed E-state index contributed by atoms with van der Waals surface area (Å²) >= 11 is 3.61. The van der Waals surface area contributed by atoms with Gasteiger partial charge >= 0.3 is 0 Å². The molecule has 1 heterocycles. The van der Waals surface area contributed by atoms with Gasteiger partial charge in [-0.05, 0) is 111 Å². The fourth-order valence-corrected chi connectivity index (χ4v) is 8.64. The van der Waals surface area contributed by atoms with Crippen molar-refractivity contribution in [2.24, 2.45) is 5.92 Å². The number of hydrogen-bond donors (Lipinski definition) is 0. The second-order valence-electron chi connectivity index (χ2n) is 12.1. The number of aromatic nitrogens is 4. The van der Waals surface area contributed by atoms with Crippen LogP contribution in [-0.2, 0) is 29.7 Å². The molecule has 51 heavy (non-hydrogen) atoms. The molecule has 1 aromatic heterocycles. The molecule has 0 aliphatic heterocycles. The Morgan fingerprint density at radius 3 is 1.88 bits per heavy atom. The van der Waals surface area contributed by atoms with E-state index >= 15 is 8.42 Å². The highest BCUT2D eigenvalue weighted by atomic mass is 79.9. The number of ether oxygens (including phenoxy) is 3. The maximum absolute atomic E-state index is 15.2. The van der Waals surface area contributed by atoms with E-state index in [9.17, 15) is 5.26 Å². The lowest BCUT2D eigenvalue weighted by atomic mass is 9.85. The van der Waals surface area contributed by atoms with E-state index in [-0.39, 0.29) is 29.7 Å². The van der Waals surface area contributed by atoms with E-state index in [0.717, 1.165) is 28.0 Å². The normalized spacial score (nSPS) is 14.5. The van der Waals surface area contributed by atoms with E-state index in [1.54, 1.807) is 27.4 Å². The van der Waals surface area contributed by atoms with E-state index < -0.39 is 10.0 Å². The molecule has 0 saturated heterocycles. The maximum Gasteiger partial charge on any atom is 0.245 e.